The van der Waals surface area contributed by atoms with Gasteiger partial charge in [0, 0.05) is 13.6 Å². The Bertz CT molecular complexity index is 1060. The molecule has 0 bridgehead atoms. The van der Waals surface area contributed by atoms with Crippen molar-refractivity contribution < 1.29 is 14.3 Å². The van der Waals surface area contributed by atoms with E-state index in [2.05, 4.69) is 0 Å². The molecular formula is C18H19Cl2N3O5. The molecule has 0 fully saturated rings. The Morgan fingerprint density at radius 3 is 2.46 bits per heavy atom. The summed E-state index contributed by atoms with van der Waals surface area (Å²) < 4.78 is 6.90. The number of hydrogen-bond donors (Lipinski definition) is 1. The van der Waals surface area contributed by atoms with Crippen LogP contribution in [0.5, 0.6) is 0 Å². The summed E-state index contributed by atoms with van der Waals surface area (Å²) in [5, 5.41) is 0.142. The van der Waals surface area contributed by atoms with E-state index in [1.165, 1.54) is 25.2 Å². The first-order valence-electron chi connectivity index (χ1n) is 8.29. The van der Waals surface area contributed by atoms with Gasteiger partial charge in [-0.2, -0.15) is 0 Å². The van der Waals surface area contributed by atoms with Crippen LogP contribution in [0.1, 0.15) is 34.6 Å². The Morgan fingerprint density at radius 2 is 1.86 bits per heavy atom. The molecule has 2 aromatic rings. The monoisotopic (exact) mass is 427 g/mol. The molecule has 0 aliphatic heterocycles. The van der Waals surface area contributed by atoms with Crippen molar-refractivity contribution in [1.29, 1.82) is 0 Å². The maximum Gasteiger partial charge on any atom is 0.340 e. The van der Waals surface area contributed by atoms with Crippen molar-refractivity contribution in [3.63, 3.8) is 0 Å². The number of hydrogen-bond acceptors (Lipinski definition) is 6. The Morgan fingerprint density at radius 1 is 1.21 bits per heavy atom. The first-order chi connectivity index (χ1) is 13.1. The predicted octanol–water partition coefficient (Wildman–Crippen LogP) is 2.13. The SMILES string of the molecule is CC(C)Cn1c(N)c(C(=O)COC(=O)c2cccc(Cl)c2Cl)c(=O)n(C)c1=O. The molecule has 0 amide bonds. The molecule has 0 saturated heterocycles. The quantitative estimate of drug-likeness (QED) is 0.557. The second kappa shape index (κ2) is 8.62. The zero-order chi connectivity index (χ0) is 21.2. The topological polar surface area (TPSA) is 113 Å². The number of carbonyl (C=O) groups excluding carboxylic acids is 2. The van der Waals surface area contributed by atoms with E-state index < -0.39 is 35.2 Å². The lowest BCUT2D eigenvalue weighted by atomic mass is 10.1. The summed E-state index contributed by atoms with van der Waals surface area (Å²) in [6, 6.07) is 4.38. The average Bonchev–Trinajstić information content (AvgIpc) is 2.63. The number of esters is 1. The molecule has 2 N–H and O–H groups in total. The molecule has 150 valence electrons. The van der Waals surface area contributed by atoms with Gasteiger partial charge in [-0.05, 0) is 18.1 Å². The van der Waals surface area contributed by atoms with Crippen LogP contribution in [0.25, 0.3) is 0 Å². The molecule has 0 unspecified atom stereocenters. The minimum Gasteiger partial charge on any atom is -0.454 e. The number of aromatic nitrogens is 2. The van der Waals surface area contributed by atoms with Crippen LogP contribution >= 0.6 is 23.2 Å². The first-order valence-corrected chi connectivity index (χ1v) is 9.05. The predicted molar refractivity (Wildman–Crippen MR) is 106 cm³/mol. The molecule has 10 heteroatoms. The van der Waals surface area contributed by atoms with Crippen molar-refractivity contribution in [2.24, 2.45) is 13.0 Å². The number of benzene rings is 1. The van der Waals surface area contributed by atoms with Crippen LogP contribution in [0.4, 0.5) is 5.82 Å². The van der Waals surface area contributed by atoms with Gasteiger partial charge >= 0.3 is 11.7 Å². The first kappa shape index (κ1) is 21.7. The molecule has 0 radical (unpaired) electrons. The van der Waals surface area contributed by atoms with E-state index in [-0.39, 0.29) is 33.9 Å². The Labute approximate surface area is 170 Å². The molecule has 1 heterocycles. The number of halogens is 2. The standard InChI is InChI=1S/C18H19Cl2N3O5/c1-9(2)7-23-15(21)13(16(25)22(3)18(23)27)12(24)8-28-17(26)10-5-4-6-11(19)14(10)20/h4-6,9H,7-8,21H2,1-3H3. The van der Waals surface area contributed by atoms with Gasteiger partial charge in [0.25, 0.3) is 5.56 Å². The fraction of sp³-hybridized carbons (Fsp3) is 0.333. The van der Waals surface area contributed by atoms with Crippen molar-refractivity contribution in [1.82, 2.24) is 9.13 Å². The van der Waals surface area contributed by atoms with Crippen molar-refractivity contribution in [2.45, 2.75) is 20.4 Å². The summed E-state index contributed by atoms with van der Waals surface area (Å²) >= 11 is 11.8. The number of nitrogens with zero attached hydrogens (tertiary/aromatic N) is 2. The number of anilines is 1. The van der Waals surface area contributed by atoms with Gasteiger partial charge in [-0.15, -0.1) is 0 Å². The molecular weight excluding hydrogens is 409 g/mol. The number of ketones is 1. The molecule has 0 atom stereocenters. The summed E-state index contributed by atoms with van der Waals surface area (Å²) in [5.41, 5.74) is 4.00. The summed E-state index contributed by atoms with van der Waals surface area (Å²) in [5.74, 6) is -1.93. The van der Waals surface area contributed by atoms with Crippen molar-refractivity contribution >= 4 is 40.8 Å². The number of nitrogens with two attached hydrogens (primary N) is 1. The van der Waals surface area contributed by atoms with Gasteiger partial charge in [0.05, 0.1) is 15.6 Å². The Hall–Kier alpha value is -2.58. The number of nitrogen functional groups attached to an aromatic ring is 1. The lowest BCUT2D eigenvalue weighted by Gasteiger charge is -2.16. The third kappa shape index (κ3) is 4.28. The van der Waals surface area contributed by atoms with E-state index >= 15 is 0 Å². The highest BCUT2D eigenvalue weighted by Crippen LogP contribution is 2.26. The second-order valence-corrected chi connectivity index (χ2v) is 7.30. The minimum absolute atomic E-state index is 0.0115. The summed E-state index contributed by atoms with van der Waals surface area (Å²) in [6.45, 7) is 3.18. The van der Waals surface area contributed by atoms with Crippen molar-refractivity contribution in [3.05, 3.63) is 60.2 Å². The van der Waals surface area contributed by atoms with E-state index in [4.69, 9.17) is 33.7 Å². The number of carbonyl (C=O) groups is 2. The van der Waals surface area contributed by atoms with Gasteiger partial charge in [-0.3, -0.25) is 18.7 Å². The van der Waals surface area contributed by atoms with Gasteiger partial charge < -0.3 is 10.5 Å². The molecule has 0 aliphatic carbocycles. The minimum atomic E-state index is -0.883. The van der Waals surface area contributed by atoms with Crippen LogP contribution in [0.3, 0.4) is 0 Å². The molecule has 2 rings (SSSR count). The van der Waals surface area contributed by atoms with E-state index in [0.29, 0.717) is 0 Å². The van der Waals surface area contributed by atoms with Crippen molar-refractivity contribution in [3.8, 4) is 0 Å². The molecule has 1 aromatic heterocycles. The zero-order valence-electron chi connectivity index (χ0n) is 15.5. The van der Waals surface area contributed by atoms with Gasteiger partial charge in [0.1, 0.15) is 11.4 Å². The molecule has 8 nitrogen and oxygen atoms in total. The molecule has 28 heavy (non-hydrogen) atoms. The highest BCUT2D eigenvalue weighted by Gasteiger charge is 2.23. The summed E-state index contributed by atoms with van der Waals surface area (Å²) in [7, 11) is 1.25. The van der Waals surface area contributed by atoms with E-state index in [0.717, 1.165) is 9.13 Å². The van der Waals surface area contributed by atoms with Crippen LogP contribution in [-0.2, 0) is 18.3 Å². The van der Waals surface area contributed by atoms with Crippen LogP contribution in [0.2, 0.25) is 10.0 Å². The Balaban J connectivity index is 2.33. The maximum absolute atomic E-state index is 12.5. The molecule has 0 saturated carbocycles. The zero-order valence-corrected chi connectivity index (χ0v) is 17.0. The van der Waals surface area contributed by atoms with Crippen LogP contribution in [0, 0.1) is 5.92 Å². The fourth-order valence-electron chi connectivity index (χ4n) is 2.53. The van der Waals surface area contributed by atoms with E-state index in [9.17, 15) is 19.2 Å². The Kier molecular flexibility index (Phi) is 6.69. The van der Waals surface area contributed by atoms with Crippen molar-refractivity contribution in [2.75, 3.05) is 12.3 Å². The highest BCUT2D eigenvalue weighted by atomic mass is 35.5. The van der Waals surface area contributed by atoms with E-state index in [1.54, 1.807) is 0 Å². The average molecular weight is 428 g/mol. The van der Waals surface area contributed by atoms with Crippen LogP contribution in [-0.4, -0.2) is 27.5 Å². The van der Waals surface area contributed by atoms with Gasteiger partial charge in [0.15, 0.2) is 6.61 Å². The smallest absolute Gasteiger partial charge is 0.340 e. The summed E-state index contributed by atoms with van der Waals surface area (Å²) in [4.78, 5) is 49.3. The number of ether oxygens (including phenoxy) is 1. The van der Waals surface area contributed by atoms with Gasteiger partial charge in [-0.25, -0.2) is 9.59 Å². The lowest BCUT2D eigenvalue weighted by Crippen LogP contribution is -2.43. The fourth-order valence-corrected chi connectivity index (χ4v) is 2.91. The third-order valence-electron chi connectivity index (χ3n) is 3.92. The molecule has 0 spiro atoms. The lowest BCUT2D eigenvalue weighted by molar-refractivity contribution is 0.0474. The molecule has 1 aromatic carbocycles. The van der Waals surface area contributed by atoms with Gasteiger partial charge in [0.2, 0.25) is 5.78 Å². The summed E-state index contributed by atoms with van der Waals surface area (Å²) in [6.07, 6.45) is 0. The normalized spacial score (nSPS) is 10.9. The van der Waals surface area contributed by atoms with Gasteiger partial charge in [-0.1, -0.05) is 43.1 Å². The highest BCUT2D eigenvalue weighted by molar-refractivity contribution is 6.43. The molecule has 0 aliphatic rings. The van der Waals surface area contributed by atoms with Crippen LogP contribution in [0.15, 0.2) is 27.8 Å². The second-order valence-electron chi connectivity index (χ2n) is 6.51. The third-order valence-corrected chi connectivity index (χ3v) is 4.73. The van der Waals surface area contributed by atoms with Crippen LogP contribution < -0.4 is 17.0 Å². The number of rotatable bonds is 6. The number of Topliss-reactive ketones (excluding diaryl/α,β-unsaturated/α-hetero) is 1. The largest absolute Gasteiger partial charge is 0.454 e. The maximum atomic E-state index is 12.5. The van der Waals surface area contributed by atoms with E-state index in [1.807, 2.05) is 13.8 Å².